The fraction of sp³-hybridized carbons (Fsp3) is 0.562. The van der Waals surface area contributed by atoms with E-state index in [4.69, 9.17) is 0 Å². The van der Waals surface area contributed by atoms with Gasteiger partial charge in [0.05, 0.1) is 0 Å². The highest BCUT2D eigenvalue weighted by molar-refractivity contribution is 7.99. The molecule has 0 bridgehead atoms. The van der Waals surface area contributed by atoms with Crippen molar-refractivity contribution in [2.45, 2.75) is 24.2 Å². The lowest BCUT2D eigenvalue weighted by atomic mass is 10.0. The van der Waals surface area contributed by atoms with Gasteiger partial charge in [0.2, 0.25) is 5.91 Å². The Balaban J connectivity index is 1.60. The molecule has 2 aliphatic heterocycles. The maximum absolute atomic E-state index is 11.5. The minimum atomic E-state index is 0.216. The molecule has 0 radical (unpaired) electrons. The minimum absolute atomic E-state index is 0.216. The monoisotopic (exact) mass is 290 g/mol. The molecule has 1 amide bonds. The zero-order valence-corrected chi connectivity index (χ0v) is 12.9. The van der Waals surface area contributed by atoms with Gasteiger partial charge in [-0.2, -0.15) is 0 Å². The van der Waals surface area contributed by atoms with Crippen molar-refractivity contribution in [3.05, 3.63) is 29.8 Å². The molecular weight excluding hydrogens is 268 g/mol. The third kappa shape index (κ3) is 3.01. The van der Waals surface area contributed by atoms with Crippen molar-refractivity contribution in [1.82, 2.24) is 9.80 Å². The molecule has 2 aliphatic rings. The van der Waals surface area contributed by atoms with E-state index in [9.17, 15) is 4.79 Å². The molecule has 1 saturated heterocycles. The second-order valence-electron chi connectivity index (χ2n) is 5.71. The Morgan fingerprint density at radius 1 is 1.25 bits per heavy atom. The van der Waals surface area contributed by atoms with E-state index in [1.807, 2.05) is 16.7 Å². The number of nitrogens with zero attached hydrogens (tertiary/aromatic N) is 2. The second-order valence-corrected chi connectivity index (χ2v) is 6.77. The number of thioether (sulfide) groups is 1. The molecule has 3 rings (SSSR count). The van der Waals surface area contributed by atoms with Crippen LogP contribution in [0.2, 0.25) is 0 Å². The van der Waals surface area contributed by atoms with Crippen LogP contribution >= 0.6 is 11.8 Å². The van der Waals surface area contributed by atoms with Crippen LogP contribution in [0, 0.1) is 0 Å². The lowest BCUT2D eigenvalue weighted by Crippen LogP contribution is -2.35. The van der Waals surface area contributed by atoms with Crippen molar-refractivity contribution in [3.8, 4) is 0 Å². The lowest BCUT2D eigenvalue weighted by molar-refractivity contribution is -0.128. The second kappa shape index (κ2) is 6.19. The number of amides is 1. The molecule has 3 nitrogen and oxygen atoms in total. The molecule has 0 aromatic heterocycles. The zero-order valence-electron chi connectivity index (χ0n) is 12.0. The van der Waals surface area contributed by atoms with E-state index in [0.717, 1.165) is 39.1 Å². The zero-order chi connectivity index (χ0) is 13.9. The van der Waals surface area contributed by atoms with Gasteiger partial charge in [-0.15, -0.1) is 11.8 Å². The topological polar surface area (TPSA) is 23.6 Å². The molecule has 2 heterocycles. The summed E-state index contributed by atoms with van der Waals surface area (Å²) in [6, 6.07) is 8.79. The maximum atomic E-state index is 11.5. The Labute approximate surface area is 125 Å². The van der Waals surface area contributed by atoms with Crippen LogP contribution in [0.5, 0.6) is 0 Å². The standard InChI is InChI=1S/C16H22N2OS/c1-13(19)18-8-4-7-17(9-10-18)11-14-12-20-16-6-3-2-5-15(14)16/h2-3,5-6,14H,4,7-12H2,1H3. The van der Waals surface area contributed by atoms with Gasteiger partial charge >= 0.3 is 0 Å². The van der Waals surface area contributed by atoms with Gasteiger partial charge in [-0.25, -0.2) is 0 Å². The number of benzene rings is 1. The van der Waals surface area contributed by atoms with Gasteiger partial charge < -0.3 is 9.80 Å². The summed E-state index contributed by atoms with van der Waals surface area (Å²) < 4.78 is 0. The number of carbonyl (C=O) groups is 1. The summed E-state index contributed by atoms with van der Waals surface area (Å²) in [5.74, 6) is 2.07. The van der Waals surface area contributed by atoms with Crippen molar-refractivity contribution in [1.29, 1.82) is 0 Å². The molecule has 0 saturated carbocycles. The summed E-state index contributed by atoms with van der Waals surface area (Å²) in [6.07, 6.45) is 1.10. The van der Waals surface area contributed by atoms with E-state index in [2.05, 4.69) is 29.2 Å². The third-order valence-electron chi connectivity index (χ3n) is 4.31. The Bertz CT molecular complexity index is 491. The van der Waals surface area contributed by atoms with E-state index in [1.165, 1.54) is 16.2 Å². The van der Waals surface area contributed by atoms with Crippen molar-refractivity contribution in [2.75, 3.05) is 38.5 Å². The fourth-order valence-electron chi connectivity index (χ4n) is 3.16. The number of carbonyl (C=O) groups excluding carboxylic acids is 1. The highest BCUT2D eigenvalue weighted by Gasteiger charge is 2.26. The van der Waals surface area contributed by atoms with E-state index >= 15 is 0 Å². The summed E-state index contributed by atoms with van der Waals surface area (Å²) in [4.78, 5) is 17.4. The van der Waals surface area contributed by atoms with Crippen LogP contribution in [0.1, 0.15) is 24.8 Å². The Morgan fingerprint density at radius 3 is 2.95 bits per heavy atom. The van der Waals surface area contributed by atoms with E-state index in [1.54, 1.807) is 6.92 Å². The van der Waals surface area contributed by atoms with Gasteiger partial charge in [-0.05, 0) is 24.6 Å². The minimum Gasteiger partial charge on any atom is -0.342 e. The first-order chi connectivity index (χ1) is 9.74. The number of hydrogen-bond donors (Lipinski definition) is 0. The highest BCUT2D eigenvalue weighted by atomic mass is 32.2. The molecule has 1 aromatic rings. The molecule has 0 spiro atoms. The number of rotatable bonds is 2. The fourth-order valence-corrected chi connectivity index (χ4v) is 4.40. The van der Waals surface area contributed by atoms with Gasteiger partial charge in [-0.1, -0.05) is 18.2 Å². The molecule has 0 N–H and O–H groups in total. The predicted molar refractivity (Wildman–Crippen MR) is 83.2 cm³/mol. The summed E-state index contributed by atoms with van der Waals surface area (Å²) in [6.45, 7) is 6.75. The van der Waals surface area contributed by atoms with Gasteiger partial charge in [0.15, 0.2) is 0 Å². The van der Waals surface area contributed by atoms with Gasteiger partial charge in [0.25, 0.3) is 0 Å². The van der Waals surface area contributed by atoms with Crippen molar-refractivity contribution < 1.29 is 4.79 Å². The average Bonchev–Trinajstić information content (AvgIpc) is 2.69. The SMILES string of the molecule is CC(=O)N1CCCN(CC2CSc3ccccc32)CC1. The van der Waals surface area contributed by atoms with Crippen molar-refractivity contribution in [2.24, 2.45) is 0 Å². The molecule has 20 heavy (non-hydrogen) atoms. The van der Waals surface area contributed by atoms with Crippen LogP contribution in [-0.4, -0.2) is 54.2 Å². The van der Waals surface area contributed by atoms with Crippen LogP contribution in [0.15, 0.2) is 29.2 Å². The maximum Gasteiger partial charge on any atom is 0.219 e. The molecule has 1 aromatic carbocycles. The van der Waals surface area contributed by atoms with Crippen LogP contribution in [0.4, 0.5) is 0 Å². The van der Waals surface area contributed by atoms with Crippen molar-refractivity contribution in [3.63, 3.8) is 0 Å². The molecule has 0 aliphatic carbocycles. The van der Waals surface area contributed by atoms with Gasteiger partial charge in [0, 0.05) is 49.7 Å². The molecule has 1 unspecified atom stereocenters. The number of fused-ring (bicyclic) bond motifs is 1. The molecular formula is C16H22N2OS. The first kappa shape index (κ1) is 14.0. The highest BCUT2D eigenvalue weighted by Crippen LogP contribution is 2.39. The molecule has 1 atom stereocenters. The lowest BCUT2D eigenvalue weighted by Gasteiger charge is -2.24. The summed E-state index contributed by atoms with van der Waals surface area (Å²) in [7, 11) is 0. The van der Waals surface area contributed by atoms with Gasteiger partial charge in [0.1, 0.15) is 0 Å². The number of hydrogen-bond acceptors (Lipinski definition) is 3. The van der Waals surface area contributed by atoms with Crippen LogP contribution in [0.3, 0.4) is 0 Å². The molecule has 108 valence electrons. The molecule has 1 fully saturated rings. The van der Waals surface area contributed by atoms with Crippen LogP contribution in [-0.2, 0) is 4.79 Å². The van der Waals surface area contributed by atoms with Crippen LogP contribution < -0.4 is 0 Å². The van der Waals surface area contributed by atoms with E-state index < -0.39 is 0 Å². The summed E-state index contributed by atoms with van der Waals surface area (Å²) in [5, 5.41) is 0. The van der Waals surface area contributed by atoms with Crippen LogP contribution in [0.25, 0.3) is 0 Å². The van der Waals surface area contributed by atoms with E-state index in [0.29, 0.717) is 5.92 Å². The first-order valence-electron chi connectivity index (χ1n) is 7.43. The normalized spacial score (nSPS) is 23.4. The molecule has 4 heteroatoms. The smallest absolute Gasteiger partial charge is 0.219 e. The Morgan fingerprint density at radius 2 is 2.10 bits per heavy atom. The Kier molecular flexibility index (Phi) is 4.32. The van der Waals surface area contributed by atoms with Crippen molar-refractivity contribution >= 4 is 17.7 Å². The summed E-state index contributed by atoms with van der Waals surface area (Å²) in [5.41, 5.74) is 1.52. The largest absolute Gasteiger partial charge is 0.342 e. The van der Waals surface area contributed by atoms with Gasteiger partial charge in [-0.3, -0.25) is 4.79 Å². The summed E-state index contributed by atoms with van der Waals surface area (Å²) >= 11 is 1.98. The Hall–Kier alpha value is -1.00. The first-order valence-corrected chi connectivity index (χ1v) is 8.42. The van der Waals surface area contributed by atoms with E-state index in [-0.39, 0.29) is 5.91 Å². The quantitative estimate of drug-likeness (QED) is 0.836. The third-order valence-corrected chi connectivity index (χ3v) is 5.56. The predicted octanol–water partition coefficient (Wildman–Crippen LogP) is 2.43. The average molecular weight is 290 g/mol.